The SMILES string of the molecule is O=c1ccc2c([nH]1)C=CC(O)N2. The van der Waals surface area contributed by atoms with Crippen LogP contribution in [0.25, 0.3) is 6.08 Å². The number of anilines is 1. The van der Waals surface area contributed by atoms with E-state index in [0.717, 1.165) is 5.69 Å². The second kappa shape index (κ2) is 2.49. The first-order valence-corrected chi connectivity index (χ1v) is 3.62. The first kappa shape index (κ1) is 7.12. The number of aromatic amines is 1. The average Bonchev–Trinajstić information content (AvgIpc) is 2.05. The summed E-state index contributed by atoms with van der Waals surface area (Å²) in [5.74, 6) is 0. The summed E-state index contributed by atoms with van der Waals surface area (Å²) in [6.45, 7) is 0. The van der Waals surface area contributed by atoms with Crippen LogP contribution >= 0.6 is 0 Å². The summed E-state index contributed by atoms with van der Waals surface area (Å²) in [6.07, 6.45) is 2.58. The van der Waals surface area contributed by atoms with E-state index >= 15 is 0 Å². The Labute approximate surface area is 68.6 Å². The van der Waals surface area contributed by atoms with Gasteiger partial charge in [-0.3, -0.25) is 4.79 Å². The molecular formula is C8H8N2O2. The first-order valence-electron chi connectivity index (χ1n) is 3.62. The smallest absolute Gasteiger partial charge is 0.248 e. The minimum Gasteiger partial charge on any atom is -0.370 e. The zero-order valence-corrected chi connectivity index (χ0v) is 6.24. The highest BCUT2D eigenvalue weighted by atomic mass is 16.3. The third-order valence-corrected chi connectivity index (χ3v) is 1.70. The predicted molar refractivity (Wildman–Crippen MR) is 45.7 cm³/mol. The fraction of sp³-hybridized carbons (Fsp3) is 0.125. The molecule has 0 fully saturated rings. The highest BCUT2D eigenvalue weighted by Crippen LogP contribution is 2.17. The number of H-pyrrole nitrogens is 1. The van der Waals surface area contributed by atoms with Crippen molar-refractivity contribution < 1.29 is 5.11 Å². The Morgan fingerprint density at radius 2 is 2.25 bits per heavy atom. The van der Waals surface area contributed by atoms with Crippen molar-refractivity contribution in [1.29, 1.82) is 0 Å². The summed E-state index contributed by atoms with van der Waals surface area (Å²) >= 11 is 0. The molecule has 4 heteroatoms. The lowest BCUT2D eigenvalue weighted by Gasteiger charge is -2.16. The molecule has 2 rings (SSSR count). The van der Waals surface area contributed by atoms with Crippen LogP contribution in [0.15, 0.2) is 23.0 Å². The first-order chi connectivity index (χ1) is 5.75. The number of nitrogens with one attached hydrogen (secondary N) is 2. The number of fused-ring (bicyclic) bond motifs is 1. The van der Waals surface area contributed by atoms with E-state index in [1.165, 1.54) is 6.07 Å². The van der Waals surface area contributed by atoms with Crippen LogP contribution in [0.4, 0.5) is 5.69 Å². The van der Waals surface area contributed by atoms with Crippen molar-refractivity contribution in [1.82, 2.24) is 4.98 Å². The lowest BCUT2D eigenvalue weighted by atomic mass is 10.2. The van der Waals surface area contributed by atoms with Crippen molar-refractivity contribution in [2.75, 3.05) is 5.32 Å². The lowest BCUT2D eigenvalue weighted by molar-refractivity contribution is 0.252. The van der Waals surface area contributed by atoms with Crippen LogP contribution in [0.5, 0.6) is 0 Å². The Hall–Kier alpha value is -1.55. The minimum atomic E-state index is -0.664. The topological polar surface area (TPSA) is 65.1 Å². The van der Waals surface area contributed by atoms with Gasteiger partial charge in [-0.15, -0.1) is 0 Å². The second-order valence-corrected chi connectivity index (χ2v) is 2.60. The number of hydrogen-bond donors (Lipinski definition) is 3. The summed E-state index contributed by atoms with van der Waals surface area (Å²) < 4.78 is 0. The molecular weight excluding hydrogens is 156 g/mol. The molecule has 1 aromatic heterocycles. The number of pyridine rings is 1. The number of aliphatic hydroxyl groups is 1. The molecule has 0 aromatic carbocycles. The monoisotopic (exact) mass is 164 g/mol. The van der Waals surface area contributed by atoms with Gasteiger partial charge in [-0.25, -0.2) is 0 Å². The third kappa shape index (κ3) is 1.12. The summed E-state index contributed by atoms with van der Waals surface area (Å²) in [5.41, 5.74) is 1.30. The Kier molecular flexibility index (Phi) is 1.48. The molecule has 1 aliphatic rings. The molecule has 1 unspecified atom stereocenters. The zero-order chi connectivity index (χ0) is 8.55. The van der Waals surface area contributed by atoms with Crippen LogP contribution in [-0.2, 0) is 0 Å². The summed E-state index contributed by atoms with van der Waals surface area (Å²) in [5, 5.41) is 11.9. The van der Waals surface area contributed by atoms with Gasteiger partial charge in [0.1, 0.15) is 6.23 Å². The van der Waals surface area contributed by atoms with Crippen LogP contribution in [-0.4, -0.2) is 16.3 Å². The molecule has 4 nitrogen and oxygen atoms in total. The van der Waals surface area contributed by atoms with E-state index in [-0.39, 0.29) is 5.56 Å². The van der Waals surface area contributed by atoms with Crippen molar-refractivity contribution in [3.05, 3.63) is 34.3 Å². The van der Waals surface area contributed by atoms with Crippen LogP contribution in [0.1, 0.15) is 5.69 Å². The zero-order valence-electron chi connectivity index (χ0n) is 6.24. The molecule has 0 saturated heterocycles. The summed E-state index contributed by atoms with van der Waals surface area (Å²) in [6, 6.07) is 3.05. The molecule has 62 valence electrons. The Balaban J connectivity index is 2.54. The van der Waals surface area contributed by atoms with Crippen molar-refractivity contribution in [3.8, 4) is 0 Å². The minimum absolute atomic E-state index is 0.142. The molecule has 0 radical (unpaired) electrons. The maximum atomic E-state index is 10.8. The quantitative estimate of drug-likeness (QED) is 0.510. The van der Waals surface area contributed by atoms with Crippen molar-refractivity contribution in [2.45, 2.75) is 6.23 Å². The lowest BCUT2D eigenvalue weighted by Crippen LogP contribution is -2.21. The van der Waals surface area contributed by atoms with Gasteiger partial charge in [0.2, 0.25) is 5.56 Å². The number of hydrogen-bond acceptors (Lipinski definition) is 3. The van der Waals surface area contributed by atoms with Gasteiger partial charge < -0.3 is 15.4 Å². The normalized spacial score (nSPS) is 19.9. The van der Waals surface area contributed by atoms with E-state index in [1.54, 1.807) is 18.2 Å². The largest absolute Gasteiger partial charge is 0.370 e. The van der Waals surface area contributed by atoms with Gasteiger partial charge in [0.25, 0.3) is 0 Å². The van der Waals surface area contributed by atoms with Gasteiger partial charge in [-0.2, -0.15) is 0 Å². The standard InChI is InChI=1S/C8H8N2O2/c11-7-3-1-5-6(10-7)2-4-8(12)9-5/h1-4,7,10-11H,(H,9,12). The molecule has 2 heterocycles. The van der Waals surface area contributed by atoms with Crippen LogP contribution in [0, 0.1) is 0 Å². The molecule has 1 atom stereocenters. The van der Waals surface area contributed by atoms with E-state index in [2.05, 4.69) is 10.3 Å². The van der Waals surface area contributed by atoms with Gasteiger partial charge in [-0.1, -0.05) is 0 Å². The molecule has 1 aliphatic heterocycles. The molecule has 0 spiro atoms. The summed E-state index contributed by atoms with van der Waals surface area (Å²) in [7, 11) is 0. The fourth-order valence-electron chi connectivity index (χ4n) is 1.14. The van der Waals surface area contributed by atoms with E-state index in [4.69, 9.17) is 5.11 Å². The highest BCUT2D eigenvalue weighted by molar-refractivity contribution is 5.66. The van der Waals surface area contributed by atoms with Crippen LogP contribution < -0.4 is 10.9 Å². The second-order valence-electron chi connectivity index (χ2n) is 2.60. The van der Waals surface area contributed by atoms with E-state index < -0.39 is 6.23 Å². The molecule has 0 saturated carbocycles. The maximum absolute atomic E-state index is 10.8. The van der Waals surface area contributed by atoms with Gasteiger partial charge in [-0.05, 0) is 18.2 Å². The van der Waals surface area contributed by atoms with E-state index in [0.29, 0.717) is 5.69 Å². The van der Waals surface area contributed by atoms with E-state index in [1.807, 2.05) is 0 Å². The maximum Gasteiger partial charge on any atom is 0.248 e. The van der Waals surface area contributed by atoms with Crippen molar-refractivity contribution >= 4 is 11.8 Å². The number of aliphatic hydroxyl groups excluding tert-OH is 1. The number of aromatic nitrogens is 1. The molecule has 0 aliphatic carbocycles. The van der Waals surface area contributed by atoms with Gasteiger partial charge in [0.15, 0.2) is 0 Å². The molecule has 3 N–H and O–H groups in total. The van der Waals surface area contributed by atoms with Crippen LogP contribution in [0.2, 0.25) is 0 Å². The van der Waals surface area contributed by atoms with Crippen molar-refractivity contribution in [3.63, 3.8) is 0 Å². The summed E-state index contributed by atoms with van der Waals surface area (Å²) in [4.78, 5) is 13.5. The predicted octanol–water partition coefficient (Wildman–Crippen LogP) is 0.132. The number of rotatable bonds is 0. The Morgan fingerprint density at radius 1 is 1.42 bits per heavy atom. The average molecular weight is 164 g/mol. The molecule has 0 amide bonds. The molecule has 12 heavy (non-hydrogen) atoms. The van der Waals surface area contributed by atoms with Gasteiger partial charge in [0.05, 0.1) is 11.4 Å². The Bertz CT molecular complexity index is 381. The highest BCUT2D eigenvalue weighted by Gasteiger charge is 2.08. The molecule has 0 bridgehead atoms. The van der Waals surface area contributed by atoms with Gasteiger partial charge in [0, 0.05) is 6.07 Å². The molecule has 1 aromatic rings. The van der Waals surface area contributed by atoms with Gasteiger partial charge >= 0.3 is 0 Å². The Morgan fingerprint density at radius 3 is 3.08 bits per heavy atom. The van der Waals surface area contributed by atoms with E-state index in [9.17, 15) is 4.79 Å². The van der Waals surface area contributed by atoms with Crippen LogP contribution in [0.3, 0.4) is 0 Å². The van der Waals surface area contributed by atoms with Crippen molar-refractivity contribution in [2.24, 2.45) is 0 Å². The third-order valence-electron chi connectivity index (χ3n) is 1.70. The fourth-order valence-corrected chi connectivity index (χ4v) is 1.14.